The topological polar surface area (TPSA) is 125 Å². The molecule has 0 spiro atoms. The van der Waals surface area contributed by atoms with Crippen molar-refractivity contribution in [3.05, 3.63) is 18.2 Å². The molecule has 21 heavy (non-hydrogen) atoms. The van der Waals surface area contributed by atoms with Crippen molar-refractivity contribution in [1.82, 2.24) is 19.6 Å². The molecule has 0 aliphatic carbocycles. The Labute approximate surface area is 121 Å². The van der Waals surface area contributed by atoms with Gasteiger partial charge in [0, 0.05) is 7.05 Å². The number of hydrogen-bond acceptors (Lipinski definition) is 8. The van der Waals surface area contributed by atoms with E-state index < -0.39 is 24.9 Å². The van der Waals surface area contributed by atoms with Crippen LogP contribution in [0, 0.1) is 0 Å². The number of nitrogens with one attached hydrogen (secondary N) is 1. The van der Waals surface area contributed by atoms with E-state index in [0.717, 1.165) is 0 Å². The van der Waals surface area contributed by atoms with Crippen LogP contribution in [0.3, 0.4) is 0 Å². The monoisotopic (exact) mass is 297 g/mol. The molecule has 2 rings (SSSR count). The summed E-state index contributed by atoms with van der Waals surface area (Å²) in [5.74, 6) is 0.582. The zero-order valence-corrected chi connectivity index (χ0v) is 11.8. The highest BCUT2D eigenvalue weighted by Crippen LogP contribution is 2.14. The van der Waals surface area contributed by atoms with Crippen molar-refractivity contribution in [1.29, 1.82) is 0 Å². The summed E-state index contributed by atoms with van der Waals surface area (Å²) in [7, 11) is 1.73. The summed E-state index contributed by atoms with van der Waals surface area (Å²) in [5.41, 5.74) is 1.19. The van der Waals surface area contributed by atoms with Gasteiger partial charge in [0.25, 0.3) is 0 Å². The molecule has 116 valence electrons. The molecule has 0 radical (unpaired) electrons. The number of imidazole rings is 1. The molecule has 0 aliphatic heterocycles. The quantitative estimate of drug-likeness (QED) is 0.501. The average Bonchev–Trinajstić information content (AvgIpc) is 2.90. The molecule has 4 N–H and O–H groups in total. The normalized spacial score (nSPS) is 15.9. The fourth-order valence-corrected chi connectivity index (χ4v) is 1.90. The molecule has 0 bridgehead atoms. The van der Waals surface area contributed by atoms with E-state index in [1.807, 2.05) is 0 Å². The molecule has 0 saturated heterocycles. The first kappa shape index (κ1) is 15.6. The third kappa shape index (κ3) is 3.27. The van der Waals surface area contributed by atoms with Gasteiger partial charge < -0.3 is 25.4 Å². The number of fused-ring (bicyclic) bond motifs is 1. The Morgan fingerprint density at radius 2 is 2.14 bits per heavy atom. The second-order valence-electron chi connectivity index (χ2n) is 4.61. The highest BCUT2D eigenvalue weighted by Gasteiger charge is 2.24. The maximum absolute atomic E-state index is 9.72. The van der Waals surface area contributed by atoms with Crippen molar-refractivity contribution >= 4 is 11.5 Å². The van der Waals surface area contributed by atoms with Gasteiger partial charge in [-0.15, -0.1) is 0 Å². The SMILES string of the molecule is CNc1ncnn2c(CO[C@H](CO)[C@@H](O)[C@@H](C)O)cnc12. The summed E-state index contributed by atoms with van der Waals surface area (Å²) in [6.45, 7) is 1.10. The predicted octanol–water partition coefficient (Wildman–Crippen LogP) is -1.21. The van der Waals surface area contributed by atoms with E-state index in [0.29, 0.717) is 17.2 Å². The van der Waals surface area contributed by atoms with Gasteiger partial charge in [0.1, 0.15) is 18.5 Å². The van der Waals surface area contributed by atoms with Gasteiger partial charge >= 0.3 is 0 Å². The molecule has 0 aliphatic rings. The minimum atomic E-state index is -1.17. The number of anilines is 1. The summed E-state index contributed by atoms with van der Waals surface area (Å²) < 4.78 is 7.00. The van der Waals surface area contributed by atoms with E-state index in [-0.39, 0.29) is 6.61 Å². The Kier molecular flexibility index (Phi) is 5.02. The summed E-state index contributed by atoms with van der Waals surface area (Å²) in [6, 6.07) is 0. The zero-order valence-electron chi connectivity index (χ0n) is 11.8. The second kappa shape index (κ2) is 6.76. The Balaban J connectivity index is 2.13. The summed E-state index contributed by atoms with van der Waals surface area (Å²) in [4.78, 5) is 8.24. The van der Waals surface area contributed by atoms with Gasteiger partial charge in [0.15, 0.2) is 11.5 Å². The molecule has 0 fully saturated rings. The maximum atomic E-state index is 9.72. The minimum Gasteiger partial charge on any atom is -0.394 e. The highest BCUT2D eigenvalue weighted by molar-refractivity contribution is 5.61. The van der Waals surface area contributed by atoms with Crippen LogP contribution in [0.1, 0.15) is 12.6 Å². The van der Waals surface area contributed by atoms with Crippen LogP contribution in [0.4, 0.5) is 5.82 Å². The molecule has 2 aromatic heterocycles. The first-order valence-corrected chi connectivity index (χ1v) is 6.52. The van der Waals surface area contributed by atoms with Crippen molar-refractivity contribution in [3.63, 3.8) is 0 Å². The van der Waals surface area contributed by atoms with Crippen molar-refractivity contribution in [2.24, 2.45) is 0 Å². The van der Waals surface area contributed by atoms with Crippen LogP contribution in [0.15, 0.2) is 12.5 Å². The first-order chi connectivity index (χ1) is 10.1. The lowest BCUT2D eigenvalue weighted by molar-refractivity contribution is -0.108. The van der Waals surface area contributed by atoms with Gasteiger partial charge in [-0.25, -0.2) is 14.5 Å². The van der Waals surface area contributed by atoms with Gasteiger partial charge in [-0.3, -0.25) is 0 Å². The third-order valence-corrected chi connectivity index (χ3v) is 3.11. The van der Waals surface area contributed by atoms with E-state index >= 15 is 0 Å². The Hall–Kier alpha value is -1.81. The molecule has 0 amide bonds. The average molecular weight is 297 g/mol. The smallest absolute Gasteiger partial charge is 0.197 e. The van der Waals surface area contributed by atoms with Crippen LogP contribution in [0.5, 0.6) is 0 Å². The molecule has 2 aromatic rings. The van der Waals surface area contributed by atoms with Gasteiger partial charge in [-0.2, -0.15) is 5.10 Å². The van der Waals surface area contributed by atoms with Gasteiger partial charge in [-0.1, -0.05) is 0 Å². The van der Waals surface area contributed by atoms with Gasteiger partial charge in [-0.05, 0) is 6.92 Å². The lowest BCUT2D eigenvalue weighted by Crippen LogP contribution is -2.39. The number of ether oxygens (including phenoxy) is 1. The van der Waals surface area contributed by atoms with Crippen LogP contribution in [-0.2, 0) is 11.3 Å². The summed E-state index contributed by atoms with van der Waals surface area (Å²) in [6.07, 6.45) is -0.0907. The molecule has 9 heteroatoms. The highest BCUT2D eigenvalue weighted by atomic mass is 16.5. The van der Waals surface area contributed by atoms with Crippen molar-refractivity contribution in [3.8, 4) is 0 Å². The molecular weight excluding hydrogens is 278 g/mol. The second-order valence-corrected chi connectivity index (χ2v) is 4.61. The molecule has 3 atom stereocenters. The van der Waals surface area contributed by atoms with Crippen LogP contribution >= 0.6 is 0 Å². The van der Waals surface area contributed by atoms with E-state index in [1.54, 1.807) is 17.8 Å². The molecule has 0 unspecified atom stereocenters. The predicted molar refractivity (Wildman–Crippen MR) is 73.7 cm³/mol. The number of rotatable bonds is 7. The van der Waals surface area contributed by atoms with E-state index in [4.69, 9.17) is 4.74 Å². The van der Waals surface area contributed by atoms with Crippen molar-refractivity contribution in [2.75, 3.05) is 19.0 Å². The van der Waals surface area contributed by atoms with Crippen LogP contribution in [0.25, 0.3) is 5.65 Å². The molecule has 0 aromatic carbocycles. The number of aliphatic hydroxyl groups is 3. The standard InChI is InChI=1S/C12H19N5O4/c1-7(19)10(20)9(4-18)21-5-8-3-14-12-11(13-2)15-6-16-17(8)12/h3,6-7,9-10,18-20H,4-5H2,1-2H3,(H,13,15,16)/t7-,9-,10+/m1/s1. The number of nitrogens with zero attached hydrogens (tertiary/aromatic N) is 4. The fraction of sp³-hybridized carbons (Fsp3) is 0.583. The number of hydrogen-bond donors (Lipinski definition) is 4. The van der Waals surface area contributed by atoms with Gasteiger partial charge in [0.2, 0.25) is 0 Å². The molecule has 0 saturated carbocycles. The van der Waals surface area contributed by atoms with Crippen LogP contribution < -0.4 is 5.32 Å². The lowest BCUT2D eigenvalue weighted by atomic mass is 10.1. The summed E-state index contributed by atoms with van der Waals surface area (Å²) >= 11 is 0. The Morgan fingerprint density at radius 1 is 1.38 bits per heavy atom. The first-order valence-electron chi connectivity index (χ1n) is 6.52. The largest absolute Gasteiger partial charge is 0.394 e. The number of aliphatic hydroxyl groups excluding tert-OH is 3. The molecular formula is C12H19N5O4. The van der Waals surface area contributed by atoms with Crippen molar-refractivity contribution < 1.29 is 20.1 Å². The fourth-order valence-electron chi connectivity index (χ4n) is 1.90. The van der Waals surface area contributed by atoms with Crippen LogP contribution in [-0.4, -0.2) is 66.9 Å². The van der Waals surface area contributed by atoms with E-state index in [1.165, 1.54) is 13.3 Å². The number of aromatic nitrogens is 4. The molecule has 9 nitrogen and oxygen atoms in total. The van der Waals surface area contributed by atoms with E-state index in [2.05, 4.69) is 20.4 Å². The summed E-state index contributed by atoms with van der Waals surface area (Å²) in [5, 5.41) is 35.3. The lowest BCUT2D eigenvalue weighted by Gasteiger charge is -2.23. The third-order valence-electron chi connectivity index (χ3n) is 3.11. The van der Waals surface area contributed by atoms with E-state index in [9.17, 15) is 15.3 Å². The van der Waals surface area contributed by atoms with Gasteiger partial charge in [0.05, 0.1) is 31.2 Å². The van der Waals surface area contributed by atoms with Crippen LogP contribution in [0.2, 0.25) is 0 Å². The zero-order chi connectivity index (χ0) is 15.4. The minimum absolute atomic E-state index is 0.0797. The Morgan fingerprint density at radius 3 is 2.76 bits per heavy atom. The van der Waals surface area contributed by atoms with Crippen molar-refractivity contribution in [2.45, 2.75) is 31.8 Å². The molecule has 2 heterocycles. The Bertz CT molecular complexity index is 588. The maximum Gasteiger partial charge on any atom is 0.197 e.